The van der Waals surface area contributed by atoms with Crippen molar-refractivity contribution in [2.24, 2.45) is 0 Å². The Bertz CT molecular complexity index is 559. The van der Waals surface area contributed by atoms with Gasteiger partial charge in [-0.25, -0.2) is 17.2 Å². The number of benzene rings is 1. The molecule has 0 amide bonds. The third-order valence-corrected chi connectivity index (χ3v) is 3.64. The Kier molecular flexibility index (Phi) is 4.36. The third kappa shape index (κ3) is 3.23. The van der Waals surface area contributed by atoms with E-state index < -0.39 is 38.6 Å². The first-order valence-corrected chi connectivity index (χ1v) is 6.31. The number of nitrogens with one attached hydrogen (secondary N) is 1. The van der Waals surface area contributed by atoms with E-state index in [4.69, 9.17) is 0 Å². The molecule has 1 unspecified atom stereocenters. The molecule has 1 aromatic rings. The second-order valence-electron chi connectivity index (χ2n) is 3.44. The summed E-state index contributed by atoms with van der Waals surface area (Å²) in [6.45, 7) is 1.24. The number of esters is 1. The van der Waals surface area contributed by atoms with Crippen molar-refractivity contribution in [3.63, 3.8) is 0 Å². The van der Waals surface area contributed by atoms with Gasteiger partial charge in [0.15, 0.2) is 0 Å². The average Bonchev–Trinajstić information content (AvgIpc) is 2.26. The smallest absolute Gasteiger partial charge is 0.323 e. The van der Waals surface area contributed by atoms with Crippen LogP contribution in [0.2, 0.25) is 0 Å². The van der Waals surface area contributed by atoms with Crippen LogP contribution in [0, 0.1) is 11.6 Å². The van der Waals surface area contributed by atoms with Crippen molar-refractivity contribution in [1.29, 1.82) is 0 Å². The van der Waals surface area contributed by atoms with E-state index in [0.29, 0.717) is 6.07 Å². The van der Waals surface area contributed by atoms with Crippen molar-refractivity contribution in [2.75, 3.05) is 7.11 Å². The van der Waals surface area contributed by atoms with E-state index in [2.05, 4.69) is 4.74 Å². The van der Waals surface area contributed by atoms with Gasteiger partial charge in [-0.2, -0.15) is 4.72 Å². The molecule has 1 aromatic carbocycles. The van der Waals surface area contributed by atoms with Crippen LogP contribution in [0.25, 0.3) is 0 Å². The fourth-order valence-corrected chi connectivity index (χ4v) is 2.47. The molecule has 0 fully saturated rings. The molecule has 5 nitrogen and oxygen atoms in total. The van der Waals surface area contributed by atoms with Crippen molar-refractivity contribution in [1.82, 2.24) is 4.72 Å². The largest absolute Gasteiger partial charge is 0.468 e. The molecule has 0 saturated heterocycles. The summed E-state index contributed by atoms with van der Waals surface area (Å²) in [5.41, 5.74) is 0. The third-order valence-electron chi connectivity index (χ3n) is 2.07. The minimum atomic E-state index is -4.25. The summed E-state index contributed by atoms with van der Waals surface area (Å²) < 4.78 is 55.6. The monoisotopic (exact) mass is 279 g/mol. The highest BCUT2D eigenvalue weighted by molar-refractivity contribution is 7.89. The van der Waals surface area contributed by atoms with Gasteiger partial charge in [0.1, 0.15) is 22.6 Å². The zero-order valence-corrected chi connectivity index (χ0v) is 10.4. The van der Waals surface area contributed by atoms with Crippen molar-refractivity contribution in [3.05, 3.63) is 29.8 Å². The summed E-state index contributed by atoms with van der Waals surface area (Å²) >= 11 is 0. The van der Waals surface area contributed by atoms with E-state index in [0.717, 1.165) is 19.2 Å². The average molecular weight is 279 g/mol. The molecule has 1 rings (SSSR count). The fourth-order valence-electron chi connectivity index (χ4n) is 1.21. The molecule has 0 saturated carbocycles. The number of sulfonamides is 1. The van der Waals surface area contributed by atoms with Crippen molar-refractivity contribution in [3.8, 4) is 0 Å². The molecule has 0 aliphatic rings. The second kappa shape index (κ2) is 5.40. The molecular weight excluding hydrogens is 268 g/mol. The Balaban J connectivity index is 3.04. The zero-order valence-electron chi connectivity index (χ0n) is 9.61. The Morgan fingerprint density at radius 1 is 1.39 bits per heavy atom. The van der Waals surface area contributed by atoms with Gasteiger partial charge in [-0.05, 0) is 19.1 Å². The number of rotatable bonds is 4. The maximum atomic E-state index is 13.3. The van der Waals surface area contributed by atoms with E-state index in [9.17, 15) is 22.0 Å². The fraction of sp³-hybridized carbons (Fsp3) is 0.300. The molecule has 1 N–H and O–H groups in total. The minimum Gasteiger partial charge on any atom is -0.468 e. The highest BCUT2D eigenvalue weighted by Crippen LogP contribution is 2.15. The van der Waals surface area contributed by atoms with Crippen LogP contribution in [-0.2, 0) is 19.6 Å². The number of ether oxygens (including phenoxy) is 1. The molecule has 1 atom stereocenters. The Labute approximate surface area is 103 Å². The summed E-state index contributed by atoms with van der Waals surface area (Å²) in [5, 5.41) is 0. The van der Waals surface area contributed by atoms with Crippen molar-refractivity contribution in [2.45, 2.75) is 17.9 Å². The summed E-state index contributed by atoms with van der Waals surface area (Å²) in [6, 6.07) is 0.846. The summed E-state index contributed by atoms with van der Waals surface area (Å²) in [4.78, 5) is 10.3. The molecule has 0 aliphatic heterocycles. The van der Waals surface area contributed by atoms with Crippen LogP contribution in [0.5, 0.6) is 0 Å². The van der Waals surface area contributed by atoms with Crippen LogP contribution in [0.4, 0.5) is 8.78 Å². The predicted molar refractivity (Wildman–Crippen MR) is 58.2 cm³/mol. The van der Waals surface area contributed by atoms with Gasteiger partial charge in [0.2, 0.25) is 10.0 Å². The van der Waals surface area contributed by atoms with Crippen molar-refractivity contribution >= 4 is 16.0 Å². The van der Waals surface area contributed by atoms with Crippen LogP contribution in [0.15, 0.2) is 23.1 Å². The normalized spacial score (nSPS) is 13.1. The maximum Gasteiger partial charge on any atom is 0.323 e. The quantitative estimate of drug-likeness (QED) is 0.828. The van der Waals surface area contributed by atoms with Gasteiger partial charge in [-0.1, -0.05) is 0 Å². The molecule has 0 aliphatic carbocycles. The second-order valence-corrected chi connectivity index (χ2v) is 5.12. The Morgan fingerprint density at radius 2 is 2.00 bits per heavy atom. The Hall–Kier alpha value is -1.54. The van der Waals surface area contributed by atoms with E-state index in [1.807, 2.05) is 4.72 Å². The van der Waals surface area contributed by atoms with Gasteiger partial charge in [-0.3, -0.25) is 4.79 Å². The Morgan fingerprint density at radius 3 is 2.50 bits per heavy atom. The molecule has 18 heavy (non-hydrogen) atoms. The standard InChI is InChI=1S/C10H11F2NO4S/c1-6(10(14)17-2)13-18(15,16)9-4-3-7(11)5-8(9)12/h3-6,13H,1-2H3. The lowest BCUT2D eigenvalue weighted by atomic mass is 10.3. The van der Waals surface area contributed by atoms with Gasteiger partial charge in [-0.15, -0.1) is 0 Å². The first-order valence-electron chi connectivity index (χ1n) is 4.83. The number of carbonyl (C=O) groups is 1. The first-order chi connectivity index (χ1) is 8.27. The van der Waals surface area contributed by atoms with Crippen LogP contribution in [0.3, 0.4) is 0 Å². The minimum absolute atomic E-state index is 0.442. The van der Waals surface area contributed by atoms with E-state index in [1.54, 1.807) is 0 Å². The summed E-state index contributed by atoms with van der Waals surface area (Å²) in [5.74, 6) is -2.95. The molecule has 0 heterocycles. The van der Waals surface area contributed by atoms with Gasteiger partial charge in [0, 0.05) is 6.07 Å². The van der Waals surface area contributed by atoms with E-state index in [1.165, 1.54) is 6.92 Å². The van der Waals surface area contributed by atoms with Crippen LogP contribution in [-0.4, -0.2) is 27.5 Å². The molecule has 0 spiro atoms. The number of methoxy groups -OCH3 is 1. The lowest BCUT2D eigenvalue weighted by Gasteiger charge is -2.12. The van der Waals surface area contributed by atoms with E-state index in [-0.39, 0.29) is 0 Å². The van der Waals surface area contributed by atoms with Crippen LogP contribution < -0.4 is 4.72 Å². The molecule has 0 radical (unpaired) electrons. The summed E-state index contributed by atoms with van der Waals surface area (Å²) in [6.07, 6.45) is 0. The number of halogens is 2. The topological polar surface area (TPSA) is 72.5 Å². The van der Waals surface area contributed by atoms with Gasteiger partial charge >= 0.3 is 5.97 Å². The predicted octanol–water partition coefficient (Wildman–Crippen LogP) is 0.805. The lowest BCUT2D eigenvalue weighted by Crippen LogP contribution is -2.39. The van der Waals surface area contributed by atoms with Crippen molar-refractivity contribution < 1.29 is 26.7 Å². The van der Waals surface area contributed by atoms with E-state index >= 15 is 0 Å². The molecule has 8 heteroatoms. The molecular formula is C10H11F2NO4S. The highest BCUT2D eigenvalue weighted by Gasteiger charge is 2.25. The lowest BCUT2D eigenvalue weighted by molar-refractivity contribution is -0.142. The first kappa shape index (κ1) is 14.5. The summed E-state index contributed by atoms with van der Waals surface area (Å²) in [7, 11) is -3.17. The SMILES string of the molecule is COC(=O)C(C)NS(=O)(=O)c1ccc(F)cc1F. The number of hydrogen-bond donors (Lipinski definition) is 1. The molecule has 0 aromatic heterocycles. The molecule has 100 valence electrons. The van der Waals surface area contributed by atoms with Crippen LogP contribution >= 0.6 is 0 Å². The highest BCUT2D eigenvalue weighted by atomic mass is 32.2. The number of hydrogen-bond acceptors (Lipinski definition) is 4. The van der Waals surface area contributed by atoms with Crippen LogP contribution in [0.1, 0.15) is 6.92 Å². The maximum absolute atomic E-state index is 13.3. The van der Waals surface area contributed by atoms with Gasteiger partial charge in [0.25, 0.3) is 0 Å². The molecule has 0 bridgehead atoms. The number of carbonyl (C=O) groups excluding carboxylic acids is 1. The van der Waals surface area contributed by atoms with Gasteiger partial charge < -0.3 is 4.74 Å². The van der Waals surface area contributed by atoms with Gasteiger partial charge in [0.05, 0.1) is 7.11 Å². The zero-order chi connectivity index (χ0) is 13.9.